The highest BCUT2D eigenvalue weighted by atomic mass is 16.5. The summed E-state index contributed by atoms with van der Waals surface area (Å²) in [6.07, 6.45) is 0. The Morgan fingerprint density at radius 1 is 1.33 bits per heavy atom. The number of nitrogens with one attached hydrogen (secondary N) is 1. The van der Waals surface area contributed by atoms with Crippen LogP contribution in [0, 0.1) is 5.92 Å². The summed E-state index contributed by atoms with van der Waals surface area (Å²) in [7, 11) is 0. The van der Waals surface area contributed by atoms with Gasteiger partial charge < -0.3 is 14.9 Å². The largest absolute Gasteiger partial charge is 0.480 e. The Morgan fingerprint density at radius 2 is 1.94 bits per heavy atom. The Hall–Kier alpha value is -1.85. The van der Waals surface area contributed by atoms with Crippen LogP contribution in [0.2, 0.25) is 0 Å². The molecule has 18 heavy (non-hydrogen) atoms. The highest BCUT2D eigenvalue weighted by Crippen LogP contribution is 2.15. The van der Waals surface area contributed by atoms with E-state index >= 15 is 0 Å². The number of rotatable bonds is 5. The quantitative estimate of drug-likeness (QED) is 0.833. The predicted molar refractivity (Wildman–Crippen MR) is 64.3 cm³/mol. The smallest absolute Gasteiger partial charge is 0.326 e. The number of carboxylic acids is 1. The Balaban J connectivity index is 2.77. The van der Waals surface area contributed by atoms with E-state index in [2.05, 4.69) is 10.5 Å². The lowest BCUT2D eigenvalue weighted by Crippen LogP contribution is -2.44. The number of carboxylic acid groups (broad SMARTS) is 1. The van der Waals surface area contributed by atoms with Gasteiger partial charge in [0.25, 0.3) is 5.91 Å². The minimum absolute atomic E-state index is 0.102. The molecule has 1 aromatic heterocycles. The van der Waals surface area contributed by atoms with Crippen molar-refractivity contribution in [1.82, 2.24) is 10.5 Å². The zero-order valence-electron chi connectivity index (χ0n) is 10.9. The first kappa shape index (κ1) is 14.2. The molecule has 6 heteroatoms. The normalized spacial score (nSPS) is 12.8. The average Bonchev–Trinajstić information content (AvgIpc) is 2.73. The summed E-state index contributed by atoms with van der Waals surface area (Å²) < 4.78 is 4.99. The van der Waals surface area contributed by atoms with Crippen LogP contribution in [0.1, 0.15) is 49.9 Å². The van der Waals surface area contributed by atoms with Crippen LogP contribution in [0.25, 0.3) is 0 Å². The predicted octanol–water partition coefficient (Wildman–Crippen LogP) is 1.64. The molecule has 0 saturated carbocycles. The number of carbonyl (C=O) groups excluding carboxylic acids is 1. The van der Waals surface area contributed by atoms with Crippen LogP contribution in [0.4, 0.5) is 0 Å². The maximum absolute atomic E-state index is 11.8. The summed E-state index contributed by atoms with van der Waals surface area (Å²) in [5.41, 5.74) is 0.102. The minimum atomic E-state index is -1.06. The first-order valence-electron chi connectivity index (χ1n) is 5.83. The average molecular weight is 254 g/mol. The van der Waals surface area contributed by atoms with Gasteiger partial charge in [0.2, 0.25) is 0 Å². The van der Waals surface area contributed by atoms with Crippen molar-refractivity contribution in [2.24, 2.45) is 5.92 Å². The first-order chi connectivity index (χ1) is 8.32. The molecule has 0 unspecified atom stereocenters. The number of amides is 1. The van der Waals surface area contributed by atoms with Crippen LogP contribution in [0.3, 0.4) is 0 Å². The third kappa shape index (κ3) is 3.32. The Labute approximate surface area is 105 Å². The molecule has 0 aliphatic heterocycles. The topological polar surface area (TPSA) is 92.4 Å². The van der Waals surface area contributed by atoms with Crippen LogP contribution in [0.5, 0.6) is 0 Å². The molecule has 0 aliphatic rings. The molecule has 1 aromatic rings. The van der Waals surface area contributed by atoms with Crippen LogP contribution >= 0.6 is 0 Å². The van der Waals surface area contributed by atoms with E-state index in [4.69, 9.17) is 9.63 Å². The van der Waals surface area contributed by atoms with Crippen molar-refractivity contribution >= 4 is 11.9 Å². The molecular formula is C12H18N2O4. The van der Waals surface area contributed by atoms with Crippen LogP contribution in [0.15, 0.2) is 10.6 Å². The highest BCUT2D eigenvalue weighted by Gasteiger charge is 2.25. The van der Waals surface area contributed by atoms with Gasteiger partial charge in [0.15, 0.2) is 5.69 Å². The summed E-state index contributed by atoms with van der Waals surface area (Å²) in [5, 5.41) is 15.0. The minimum Gasteiger partial charge on any atom is -0.480 e. The third-order valence-electron chi connectivity index (χ3n) is 2.55. The lowest BCUT2D eigenvalue weighted by molar-refractivity contribution is -0.140. The number of aromatic nitrogens is 1. The lowest BCUT2D eigenvalue weighted by atomic mass is 10.0. The molecular weight excluding hydrogens is 236 g/mol. The van der Waals surface area contributed by atoms with Gasteiger partial charge in [-0.15, -0.1) is 0 Å². The van der Waals surface area contributed by atoms with Crippen molar-refractivity contribution in [1.29, 1.82) is 0 Å². The standard InChI is InChI=1S/C12H18N2O4/c1-6(2)9-5-8(14-18-9)11(15)13-10(7(3)4)12(16)17/h5-7,10H,1-4H3,(H,13,15)(H,16,17)/t10-/m0/s1. The van der Waals surface area contributed by atoms with Crippen molar-refractivity contribution in [3.8, 4) is 0 Å². The monoisotopic (exact) mass is 254 g/mol. The van der Waals surface area contributed by atoms with Gasteiger partial charge in [-0.05, 0) is 5.92 Å². The molecule has 0 radical (unpaired) electrons. The van der Waals surface area contributed by atoms with Crippen LogP contribution in [-0.2, 0) is 4.79 Å². The Kier molecular flexibility index (Phi) is 4.47. The van der Waals surface area contributed by atoms with Gasteiger partial charge in [-0.25, -0.2) is 4.79 Å². The second-order valence-corrected chi connectivity index (χ2v) is 4.80. The fourth-order valence-electron chi connectivity index (χ4n) is 1.40. The molecule has 0 aromatic carbocycles. The fraction of sp³-hybridized carbons (Fsp3) is 0.583. The van der Waals surface area contributed by atoms with Gasteiger partial charge in [-0.2, -0.15) is 0 Å². The molecule has 0 spiro atoms. The molecule has 100 valence electrons. The lowest BCUT2D eigenvalue weighted by Gasteiger charge is -2.16. The number of hydrogen-bond acceptors (Lipinski definition) is 4. The van der Waals surface area contributed by atoms with E-state index in [-0.39, 0.29) is 17.5 Å². The SMILES string of the molecule is CC(C)c1cc(C(=O)N[C@H](C(=O)O)C(C)C)no1. The van der Waals surface area contributed by atoms with Crippen molar-refractivity contribution < 1.29 is 19.2 Å². The van der Waals surface area contributed by atoms with E-state index in [0.717, 1.165) is 0 Å². The zero-order chi connectivity index (χ0) is 13.9. The molecule has 0 fully saturated rings. The van der Waals surface area contributed by atoms with Crippen LogP contribution in [-0.4, -0.2) is 28.2 Å². The summed E-state index contributed by atoms with van der Waals surface area (Å²) in [5.74, 6) is -1.09. The van der Waals surface area contributed by atoms with Crippen LogP contribution < -0.4 is 5.32 Å². The number of hydrogen-bond donors (Lipinski definition) is 2. The Morgan fingerprint density at radius 3 is 2.33 bits per heavy atom. The second kappa shape index (κ2) is 5.66. The number of aliphatic carboxylic acids is 1. The summed E-state index contributed by atoms with van der Waals surface area (Å²) in [4.78, 5) is 22.8. The van der Waals surface area contributed by atoms with Gasteiger partial charge in [0.1, 0.15) is 11.8 Å². The first-order valence-corrected chi connectivity index (χ1v) is 5.83. The molecule has 1 amide bonds. The maximum atomic E-state index is 11.8. The fourth-order valence-corrected chi connectivity index (χ4v) is 1.40. The van der Waals surface area contributed by atoms with Crippen molar-refractivity contribution in [2.75, 3.05) is 0 Å². The van der Waals surface area contributed by atoms with Gasteiger partial charge in [0, 0.05) is 12.0 Å². The highest BCUT2D eigenvalue weighted by molar-refractivity contribution is 5.94. The van der Waals surface area contributed by atoms with E-state index in [1.54, 1.807) is 13.8 Å². The molecule has 1 atom stereocenters. The molecule has 0 saturated heterocycles. The molecule has 0 aliphatic carbocycles. The summed E-state index contributed by atoms with van der Waals surface area (Å²) >= 11 is 0. The summed E-state index contributed by atoms with van der Waals surface area (Å²) in [6, 6.07) is 0.593. The van der Waals surface area contributed by atoms with E-state index in [0.29, 0.717) is 5.76 Å². The molecule has 1 rings (SSSR count). The van der Waals surface area contributed by atoms with E-state index in [1.165, 1.54) is 6.07 Å². The molecule has 0 bridgehead atoms. The van der Waals surface area contributed by atoms with Crippen molar-refractivity contribution in [3.63, 3.8) is 0 Å². The van der Waals surface area contributed by atoms with Gasteiger partial charge in [-0.3, -0.25) is 4.79 Å². The van der Waals surface area contributed by atoms with E-state index < -0.39 is 17.9 Å². The van der Waals surface area contributed by atoms with Gasteiger partial charge in [-0.1, -0.05) is 32.9 Å². The van der Waals surface area contributed by atoms with E-state index in [9.17, 15) is 9.59 Å². The second-order valence-electron chi connectivity index (χ2n) is 4.80. The zero-order valence-corrected chi connectivity index (χ0v) is 10.9. The Bertz CT molecular complexity index is 437. The third-order valence-corrected chi connectivity index (χ3v) is 2.55. The molecule has 2 N–H and O–H groups in total. The summed E-state index contributed by atoms with van der Waals surface area (Å²) in [6.45, 7) is 7.27. The van der Waals surface area contributed by atoms with Crippen molar-refractivity contribution in [2.45, 2.75) is 39.7 Å². The molecule has 1 heterocycles. The van der Waals surface area contributed by atoms with Gasteiger partial charge >= 0.3 is 5.97 Å². The van der Waals surface area contributed by atoms with Gasteiger partial charge in [0.05, 0.1) is 0 Å². The van der Waals surface area contributed by atoms with Crippen molar-refractivity contribution in [3.05, 3.63) is 17.5 Å². The molecule has 6 nitrogen and oxygen atoms in total. The van der Waals surface area contributed by atoms with E-state index in [1.807, 2.05) is 13.8 Å². The number of carbonyl (C=O) groups is 2. The maximum Gasteiger partial charge on any atom is 0.326 e. The number of nitrogens with zero attached hydrogens (tertiary/aromatic N) is 1.